The average molecular weight is 376 g/mol. The maximum Gasteiger partial charge on any atom is 0.231 e. The Hall–Kier alpha value is -2.54. The van der Waals surface area contributed by atoms with E-state index in [1.54, 1.807) is 31.4 Å². The molecule has 0 aliphatic carbocycles. The molecule has 6 nitrogen and oxygen atoms in total. The molecule has 140 valence electrons. The van der Waals surface area contributed by atoms with Gasteiger partial charge < -0.3 is 10.1 Å². The minimum Gasteiger partial charge on any atom is -0.497 e. The molecule has 0 aromatic heterocycles. The van der Waals surface area contributed by atoms with Gasteiger partial charge in [0, 0.05) is 7.05 Å². The van der Waals surface area contributed by atoms with Crippen LogP contribution in [-0.2, 0) is 21.2 Å². The number of hydrogen-bond donors (Lipinski definition) is 1. The summed E-state index contributed by atoms with van der Waals surface area (Å²) in [6.07, 6.45) is 1.37. The number of benzene rings is 2. The third kappa shape index (κ3) is 5.23. The number of ether oxygens (including phenoxy) is 1. The molecule has 1 amide bonds. The third-order valence-electron chi connectivity index (χ3n) is 4.16. The quantitative estimate of drug-likeness (QED) is 0.806. The monoisotopic (exact) mass is 376 g/mol. The van der Waals surface area contributed by atoms with Gasteiger partial charge in [-0.05, 0) is 42.3 Å². The Labute approximate surface area is 154 Å². The van der Waals surface area contributed by atoms with Crippen LogP contribution in [0.3, 0.4) is 0 Å². The highest BCUT2D eigenvalue weighted by Gasteiger charge is 2.13. The Balaban J connectivity index is 1.96. The molecule has 2 aromatic carbocycles. The van der Waals surface area contributed by atoms with Gasteiger partial charge in [0.1, 0.15) is 5.75 Å². The highest BCUT2D eigenvalue weighted by Crippen LogP contribution is 2.19. The van der Waals surface area contributed by atoms with E-state index < -0.39 is 10.0 Å². The molecule has 0 fully saturated rings. The number of carbonyl (C=O) groups excluding carboxylic acids is 1. The van der Waals surface area contributed by atoms with Gasteiger partial charge in [-0.3, -0.25) is 9.10 Å². The van der Waals surface area contributed by atoms with Crippen molar-refractivity contribution in [2.75, 3.05) is 24.7 Å². The topological polar surface area (TPSA) is 75.7 Å². The summed E-state index contributed by atoms with van der Waals surface area (Å²) in [5.74, 6) is 0.670. The van der Waals surface area contributed by atoms with Crippen LogP contribution < -0.4 is 14.4 Å². The number of rotatable bonds is 7. The van der Waals surface area contributed by atoms with Gasteiger partial charge in [-0.15, -0.1) is 0 Å². The zero-order valence-electron chi connectivity index (χ0n) is 15.4. The lowest BCUT2D eigenvalue weighted by atomic mass is 10.1. The number of sulfonamides is 1. The number of amides is 1. The fourth-order valence-electron chi connectivity index (χ4n) is 2.47. The van der Waals surface area contributed by atoms with Crippen LogP contribution in [0.1, 0.15) is 24.1 Å². The molecule has 0 aliphatic rings. The number of methoxy groups -OCH3 is 1. The van der Waals surface area contributed by atoms with Crippen molar-refractivity contribution in [1.29, 1.82) is 0 Å². The molecule has 1 unspecified atom stereocenters. The van der Waals surface area contributed by atoms with E-state index in [0.717, 1.165) is 23.1 Å². The molecule has 7 heteroatoms. The van der Waals surface area contributed by atoms with E-state index in [4.69, 9.17) is 4.74 Å². The van der Waals surface area contributed by atoms with E-state index >= 15 is 0 Å². The molecule has 0 aliphatic heterocycles. The summed E-state index contributed by atoms with van der Waals surface area (Å²) in [6, 6.07) is 14.3. The Morgan fingerprint density at radius 3 is 2.19 bits per heavy atom. The van der Waals surface area contributed by atoms with Gasteiger partial charge in [0.25, 0.3) is 0 Å². The van der Waals surface area contributed by atoms with Crippen molar-refractivity contribution in [3.05, 3.63) is 59.7 Å². The summed E-state index contributed by atoms with van der Waals surface area (Å²) < 4.78 is 29.4. The lowest BCUT2D eigenvalue weighted by molar-refractivity contribution is -0.121. The van der Waals surface area contributed by atoms with E-state index in [1.807, 2.05) is 31.2 Å². The van der Waals surface area contributed by atoms with Crippen LogP contribution in [0, 0.1) is 0 Å². The van der Waals surface area contributed by atoms with Gasteiger partial charge in [0.2, 0.25) is 15.9 Å². The van der Waals surface area contributed by atoms with Crippen LogP contribution in [0.25, 0.3) is 0 Å². The minimum atomic E-state index is -3.30. The van der Waals surface area contributed by atoms with Crippen molar-refractivity contribution >= 4 is 21.6 Å². The standard InChI is InChI=1S/C19H24N2O4S/c1-14(16-7-11-18(25-3)12-8-16)20-19(22)13-15-5-9-17(10-6-15)21(2)26(4,23)24/h5-12,14H,13H2,1-4H3,(H,20,22). The molecule has 0 bridgehead atoms. The van der Waals surface area contributed by atoms with Gasteiger partial charge in [-0.1, -0.05) is 24.3 Å². The number of carbonyl (C=O) groups is 1. The van der Waals surface area contributed by atoms with Gasteiger partial charge in [0.05, 0.1) is 31.5 Å². The van der Waals surface area contributed by atoms with Gasteiger partial charge >= 0.3 is 0 Å². The van der Waals surface area contributed by atoms with Crippen molar-refractivity contribution in [2.24, 2.45) is 0 Å². The van der Waals surface area contributed by atoms with Gasteiger partial charge in [-0.25, -0.2) is 8.42 Å². The van der Waals surface area contributed by atoms with Gasteiger partial charge in [-0.2, -0.15) is 0 Å². The van der Waals surface area contributed by atoms with E-state index in [1.165, 1.54) is 11.4 Å². The lowest BCUT2D eigenvalue weighted by Gasteiger charge is -2.17. The fourth-order valence-corrected chi connectivity index (χ4v) is 2.97. The zero-order valence-corrected chi connectivity index (χ0v) is 16.2. The molecule has 1 N–H and O–H groups in total. The van der Waals surface area contributed by atoms with Crippen LogP contribution in [0.4, 0.5) is 5.69 Å². The second kappa shape index (κ2) is 8.23. The van der Waals surface area contributed by atoms with Crippen molar-refractivity contribution < 1.29 is 17.9 Å². The molecule has 0 saturated carbocycles. The van der Waals surface area contributed by atoms with E-state index in [2.05, 4.69) is 5.32 Å². The largest absolute Gasteiger partial charge is 0.497 e. The molecule has 2 rings (SSSR count). The summed E-state index contributed by atoms with van der Waals surface area (Å²) in [6.45, 7) is 1.92. The first-order valence-corrected chi connectivity index (χ1v) is 10.0. The molecule has 1 atom stereocenters. The summed E-state index contributed by atoms with van der Waals surface area (Å²) in [7, 11) is -0.194. The van der Waals surface area contributed by atoms with Gasteiger partial charge in [0.15, 0.2) is 0 Å². The van der Waals surface area contributed by atoms with E-state index in [9.17, 15) is 13.2 Å². The zero-order chi connectivity index (χ0) is 19.3. The summed E-state index contributed by atoms with van der Waals surface area (Å²) >= 11 is 0. The molecule has 26 heavy (non-hydrogen) atoms. The Morgan fingerprint density at radius 2 is 1.69 bits per heavy atom. The molecule has 0 saturated heterocycles. The smallest absolute Gasteiger partial charge is 0.231 e. The Bertz CT molecular complexity index is 846. The number of anilines is 1. The number of nitrogens with one attached hydrogen (secondary N) is 1. The normalized spacial score (nSPS) is 12.3. The van der Waals surface area contributed by atoms with Crippen molar-refractivity contribution in [3.8, 4) is 5.75 Å². The summed E-state index contributed by atoms with van der Waals surface area (Å²) in [4.78, 5) is 12.3. The first kappa shape index (κ1) is 19.8. The SMILES string of the molecule is COc1ccc(C(C)NC(=O)Cc2ccc(N(C)S(C)(=O)=O)cc2)cc1. The maximum absolute atomic E-state index is 12.3. The summed E-state index contributed by atoms with van der Waals surface area (Å²) in [5.41, 5.74) is 2.36. The van der Waals surface area contributed by atoms with Crippen LogP contribution in [-0.4, -0.2) is 34.7 Å². The molecule has 0 heterocycles. The second-order valence-corrected chi connectivity index (χ2v) is 8.15. The van der Waals surface area contributed by atoms with Crippen LogP contribution in [0.2, 0.25) is 0 Å². The van der Waals surface area contributed by atoms with Crippen LogP contribution >= 0.6 is 0 Å². The average Bonchev–Trinajstić information content (AvgIpc) is 2.61. The fraction of sp³-hybridized carbons (Fsp3) is 0.316. The second-order valence-electron chi connectivity index (χ2n) is 6.14. The van der Waals surface area contributed by atoms with Crippen LogP contribution in [0.5, 0.6) is 5.75 Å². The molecule has 0 radical (unpaired) electrons. The predicted molar refractivity (Wildman–Crippen MR) is 103 cm³/mol. The highest BCUT2D eigenvalue weighted by atomic mass is 32.2. The number of hydrogen-bond acceptors (Lipinski definition) is 4. The van der Waals surface area contributed by atoms with E-state index in [-0.39, 0.29) is 18.4 Å². The highest BCUT2D eigenvalue weighted by molar-refractivity contribution is 7.92. The first-order chi connectivity index (χ1) is 12.2. The lowest BCUT2D eigenvalue weighted by Crippen LogP contribution is -2.28. The molecular formula is C19H24N2O4S. The third-order valence-corrected chi connectivity index (χ3v) is 5.36. The molecule has 2 aromatic rings. The molecular weight excluding hydrogens is 352 g/mol. The van der Waals surface area contributed by atoms with E-state index in [0.29, 0.717) is 5.69 Å². The maximum atomic E-state index is 12.3. The van der Waals surface area contributed by atoms with Crippen LogP contribution in [0.15, 0.2) is 48.5 Å². The summed E-state index contributed by atoms with van der Waals surface area (Å²) in [5, 5.41) is 2.96. The molecule has 0 spiro atoms. The number of nitrogens with zero attached hydrogens (tertiary/aromatic N) is 1. The van der Waals surface area contributed by atoms with Crippen molar-refractivity contribution in [3.63, 3.8) is 0 Å². The van der Waals surface area contributed by atoms with Crippen molar-refractivity contribution in [2.45, 2.75) is 19.4 Å². The Kier molecular flexibility index (Phi) is 6.26. The first-order valence-electron chi connectivity index (χ1n) is 8.17. The predicted octanol–water partition coefficient (Wildman–Crippen LogP) is 2.51. The van der Waals surface area contributed by atoms with Crippen molar-refractivity contribution in [1.82, 2.24) is 5.32 Å². The Morgan fingerprint density at radius 1 is 1.12 bits per heavy atom. The minimum absolute atomic E-state index is 0.0995.